The summed E-state index contributed by atoms with van der Waals surface area (Å²) in [6.45, 7) is 3.49. The van der Waals surface area contributed by atoms with Gasteiger partial charge in [-0.15, -0.1) is 0 Å². The van der Waals surface area contributed by atoms with Crippen LogP contribution < -0.4 is 15.1 Å². The number of carbonyl (C=O) groups excluding carboxylic acids is 1. The molecule has 7 heteroatoms. The molecule has 37 heavy (non-hydrogen) atoms. The molecule has 1 aliphatic carbocycles. The van der Waals surface area contributed by atoms with Crippen LogP contribution in [0.4, 0.5) is 22.9 Å². The lowest BCUT2D eigenvalue weighted by atomic mass is 9.86. The molecule has 6 rings (SSSR count). The molecule has 2 bridgehead atoms. The van der Waals surface area contributed by atoms with Crippen molar-refractivity contribution in [3.05, 3.63) is 42.1 Å². The van der Waals surface area contributed by atoms with Gasteiger partial charge in [-0.3, -0.25) is 4.79 Å². The largest absolute Gasteiger partial charge is 0.381 e. The second kappa shape index (κ2) is 10.6. The van der Waals surface area contributed by atoms with E-state index in [1.165, 1.54) is 18.5 Å². The Balaban J connectivity index is 1.29. The highest BCUT2D eigenvalue weighted by Gasteiger charge is 2.41. The highest BCUT2D eigenvalue weighted by Crippen LogP contribution is 2.44. The molecule has 0 unspecified atom stereocenters. The number of carbonyl (C=O) groups is 1. The van der Waals surface area contributed by atoms with Crippen molar-refractivity contribution >= 4 is 28.8 Å². The van der Waals surface area contributed by atoms with Crippen molar-refractivity contribution in [1.82, 2.24) is 4.98 Å². The van der Waals surface area contributed by atoms with E-state index in [-0.39, 0.29) is 11.8 Å². The molecule has 3 fully saturated rings. The minimum Gasteiger partial charge on any atom is -0.381 e. The second-order valence-corrected chi connectivity index (χ2v) is 11.2. The first-order valence-corrected chi connectivity index (χ1v) is 14.2. The molecule has 2 aromatic rings. The Labute approximate surface area is 220 Å². The lowest BCUT2D eigenvalue weighted by molar-refractivity contribution is -0.124. The molecule has 3 aliphatic heterocycles. The van der Waals surface area contributed by atoms with Gasteiger partial charge in [-0.05, 0) is 82.1 Å². The number of fused-ring (bicyclic) bond motifs is 4. The van der Waals surface area contributed by atoms with E-state index in [9.17, 15) is 4.79 Å². The molecule has 0 radical (unpaired) electrons. The first-order valence-electron chi connectivity index (χ1n) is 14.2. The van der Waals surface area contributed by atoms with E-state index < -0.39 is 0 Å². The summed E-state index contributed by atoms with van der Waals surface area (Å²) in [6.07, 6.45) is 11.8. The number of hydrogen-bond acceptors (Lipinski definition) is 6. The van der Waals surface area contributed by atoms with Crippen molar-refractivity contribution in [3.63, 3.8) is 0 Å². The number of benzene rings is 1. The summed E-state index contributed by atoms with van der Waals surface area (Å²) < 4.78 is 11.7. The minimum absolute atomic E-state index is 0.0323. The van der Waals surface area contributed by atoms with E-state index in [1.54, 1.807) is 0 Å². The Bertz CT molecular complexity index is 1100. The predicted molar refractivity (Wildman–Crippen MR) is 146 cm³/mol. The number of methoxy groups -OCH3 is 1. The maximum Gasteiger partial charge on any atom is 0.230 e. The van der Waals surface area contributed by atoms with E-state index in [0.717, 1.165) is 74.3 Å². The number of hydrogen-bond donors (Lipinski definition) is 1. The fraction of sp³-hybridized carbons (Fsp3) is 0.600. The SMILES string of the molecule is CCCO[C@H]1CC[C@H](C(=O)N2Cc3cccnc3Nc3ccc(N4[C@@H]5CC[C@H]4C[C@@H](OC)C5)cc32)CC1. The lowest BCUT2D eigenvalue weighted by Gasteiger charge is -2.40. The number of ether oxygens (including phenoxy) is 2. The molecule has 1 saturated carbocycles. The van der Waals surface area contributed by atoms with E-state index in [2.05, 4.69) is 46.4 Å². The molecule has 1 aromatic carbocycles. The third-order valence-electron chi connectivity index (χ3n) is 8.91. The molecule has 0 spiro atoms. The van der Waals surface area contributed by atoms with Gasteiger partial charge in [0.25, 0.3) is 0 Å². The van der Waals surface area contributed by atoms with E-state index in [4.69, 9.17) is 9.47 Å². The molecular formula is C30H40N4O3. The monoisotopic (exact) mass is 504 g/mol. The van der Waals surface area contributed by atoms with Crippen LogP contribution in [0.5, 0.6) is 0 Å². The standard InChI is InChI=1S/C30H40N4O3/c1-3-15-37-25-11-6-20(7-12-25)30(35)33-19-21-5-4-14-31-29(21)32-27-13-10-24(18-28(27)33)34-22-8-9-23(34)17-26(16-22)36-2/h4-5,10,13-14,18,20,22-23,25-26H,3,6-9,11-12,15-17,19H2,1-2H3,(H,31,32)/t20-,22-,23+,25-,26+. The maximum atomic E-state index is 14.1. The molecule has 3 atom stereocenters. The average Bonchev–Trinajstić information content (AvgIpc) is 3.10. The first-order chi connectivity index (χ1) is 18.1. The molecule has 4 heterocycles. The van der Waals surface area contributed by atoms with Gasteiger partial charge >= 0.3 is 0 Å². The Morgan fingerprint density at radius 2 is 1.84 bits per heavy atom. The van der Waals surface area contributed by atoms with Gasteiger partial charge in [0.05, 0.1) is 30.1 Å². The summed E-state index contributed by atoms with van der Waals surface area (Å²) >= 11 is 0. The van der Waals surface area contributed by atoms with Crippen LogP contribution in [0.25, 0.3) is 0 Å². The van der Waals surface area contributed by atoms with Crippen LogP contribution in [0.3, 0.4) is 0 Å². The van der Waals surface area contributed by atoms with Crippen molar-refractivity contribution in [2.24, 2.45) is 5.92 Å². The molecule has 1 N–H and O–H groups in total. The minimum atomic E-state index is 0.0323. The summed E-state index contributed by atoms with van der Waals surface area (Å²) in [6, 6.07) is 11.7. The zero-order chi connectivity index (χ0) is 25.4. The summed E-state index contributed by atoms with van der Waals surface area (Å²) in [5.74, 6) is 1.10. The van der Waals surface area contributed by atoms with Gasteiger partial charge in [0, 0.05) is 49.2 Å². The molecular weight excluding hydrogens is 464 g/mol. The molecule has 198 valence electrons. The van der Waals surface area contributed by atoms with Crippen LogP contribution in [-0.2, 0) is 20.8 Å². The number of rotatable bonds is 6. The predicted octanol–water partition coefficient (Wildman–Crippen LogP) is 5.80. The smallest absolute Gasteiger partial charge is 0.230 e. The lowest BCUT2D eigenvalue weighted by Crippen LogP contribution is -2.45. The van der Waals surface area contributed by atoms with Gasteiger partial charge in [-0.25, -0.2) is 4.98 Å². The first kappa shape index (κ1) is 24.7. The Morgan fingerprint density at radius 1 is 1.05 bits per heavy atom. The van der Waals surface area contributed by atoms with Crippen LogP contribution in [0.15, 0.2) is 36.5 Å². The normalized spacial score (nSPS) is 28.8. The van der Waals surface area contributed by atoms with Gasteiger partial charge in [0.15, 0.2) is 0 Å². The average molecular weight is 505 g/mol. The topological polar surface area (TPSA) is 66.9 Å². The van der Waals surface area contributed by atoms with Gasteiger partial charge in [-0.2, -0.15) is 0 Å². The van der Waals surface area contributed by atoms with E-state index >= 15 is 0 Å². The molecule has 7 nitrogen and oxygen atoms in total. The van der Waals surface area contributed by atoms with Gasteiger partial charge in [-0.1, -0.05) is 13.0 Å². The van der Waals surface area contributed by atoms with Crippen molar-refractivity contribution in [1.29, 1.82) is 0 Å². The fourth-order valence-electron chi connectivity index (χ4n) is 6.99. The van der Waals surface area contributed by atoms with Crippen LogP contribution in [0, 0.1) is 5.92 Å². The van der Waals surface area contributed by atoms with Crippen LogP contribution in [-0.4, -0.2) is 48.9 Å². The van der Waals surface area contributed by atoms with Crippen molar-refractivity contribution in [2.45, 2.75) is 95.5 Å². The molecule has 1 amide bonds. The number of anilines is 4. The number of amides is 1. The fourth-order valence-corrected chi connectivity index (χ4v) is 6.99. The Morgan fingerprint density at radius 3 is 2.57 bits per heavy atom. The second-order valence-electron chi connectivity index (χ2n) is 11.2. The van der Waals surface area contributed by atoms with Crippen LogP contribution >= 0.6 is 0 Å². The molecule has 1 aromatic heterocycles. The number of nitrogens with zero attached hydrogens (tertiary/aromatic N) is 3. The summed E-state index contributed by atoms with van der Waals surface area (Å²) in [5, 5.41) is 3.54. The summed E-state index contributed by atoms with van der Waals surface area (Å²) in [5.41, 5.74) is 4.19. The zero-order valence-corrected chi connectivity index (χ0v) is 22.2. The Hall–Kier alpha value is -2.64. The zero-order valence-electron chi connectivity index (χ0n) is 22.2. The van der Waals surface area contributed by atoms with Crippen LogP contribution in [0.2, 0.25) is 0 Å². The van der Waals surface area contributed by atoms with Gasteiger partial charge in [0.1, 0.15) is 5.82 Å². The van der Waals surface area contributed by atoms with Crippen LogP contribution in [0.1, 0.15) is 70.3 Å². The highest BCUT2D eigenvalue weighted by molar-refractivity contribution is 6.00. The molecule has 2 saturated heterocycles. The molecule has 4 aliphatic rings. The Kier molecular flexibility index (Phi) is 7.08. The van der Waals surface area contributed by atoms with Crippen molar-refractivity contribution < 1.29 is 14.3 Å². The number of piperidine rings is 1. The third-order valence-corrected chi connectivity index (χ3v) is 8.91. The maximum absolute atomic E-state index is 14.1. The van der Waals surface area contributed by atoms with Crippen molar-refractivity contribution in [3.8, 4) is 0 Å². The summed E-state index contributed by atoms with van der Waals surface area (Å²) in [4.78, 5) is 23.3. The van der Waals surface area contributed by atoms with E-state index in [1.807, 2.05) is 24.3 Å². The quantitative estimate of drug-likeness (QED) is 0.536. The number of nitrogens with one attached hydrogen (secondary N) is 1. The highest BCUT2D eigenvalue weighted by atomic mass is 16.5. The summed E-state index contributed by atoms with van der Waals surface area (Å²) in [7, 11) is 1.84. The van der Waals surface area contributed by atoms with Crippen molar-refractivity contribution in [2.75, 3.05) is 28.8 Å². The van der Waals surface area contributed by atoms with Gasteiger partial charge < -0.3 is 24.6 Å². The van der Waals surface area contributed by atoms with Gasteiger partial charge in [0.2, 0.25) is 5.91 Å². The number of pyridine rings is 1. The number of aromatic nitrogens is 1. The third kappa shape index (κ3) is 4.84. The van der Waals surface area contributed by atoms with E-state index in [0.29, 0.717) is 30.8 Å².